The van der Waals surface area contributed by atoms with Gasteiger partial charge in [-0.1, -0.05) is 0 Å². The number of aromatic nitrogens is 3. The zero-order valence-corrected chi connectivity index (χ0v) is 5.71. The smallest absolute Gasteiger partial charge is 0.267 e. The second-order valence-electron chi connectivity index (χ2n) is 1.98. The van der Waals surface area contributed by atoms with E-state index in [4.69, 9.17) is 0 Å². The first kappa shape index (κ1) is 6.73. The number of nitrogens with zero attached hydrogens (tertiary/aromatic N) is 2. The predicted molar refractivity (Wildman–Crippen MR) is 34.8 cm³/mol. The van der Waals surface area contributed by atoms with Crippen molar-refractivity contribution in [1.82, 2.24) is 14.8 Å². The summed E-state index contributed by atoms with van der Waals surface area (Å²) >= 11 is 0. The van der Waals surface area contributed by atoms with Crippen LogP contribution in [0.15, 0.2) is 9.59 Å². The molecule has 0 saturated heterocycles. The van der Waals surface area contributed by atoms with E-state index in [1.54, 1.807) is 0 Å². The minimum atomic E-state index is -0.490. The second-order valence-corrected chi connectivity index (χ2v) is 1.98. The normalized spacial score (nSPS) is 9.80. The molecule has 0 aromatic carbocycles. The van der Waals surface area contributed by atoms with Gasteiger partial charge < -0.3 is 0 Å². The molecule has 0 amide bonds. The summed E-state index contributed by atoms with van der Waals surface area (Å²) in [5, 5.41) is 5.63. The molecule has 1 heterocycles. The Morgan fingerprint density at radius 3 is 2.60 bits per heavy atom. The van der Waals surface area contributed by atoms with Crippen molar-refractivity contribution in [1.29, 1.82) is 0 Å². The molecule has 0 radical (unpaired) electrons. The van der Waals surface area contributed by atoms with Gasteiger partial charge in [0.25, 0.3) is 5.56 Å². The summed E-state index contributed by atoms with van der Waals surface area (Å²) in [6, 6.07) is 0. The molecule has 1 aromatic rings. The standard InChI is InChI=1S/C5H7N3O2/c1-3-4(9)8(2)5(10)7-6-3/h1-2H3,(H,7,10). The Balaban J connectivity index is 3.66. The minimum absolute atomic E-state index is 0.294. The first-order valence-electron chi connectivity index (χ1n) is 2.75. The van der Waals surface area contributed by atoms with Crippen molar-refractivity contribution < 1.29 is 0 Å². The van der Waals surface area contributed by atoms with Gasteiger partial charge in [-0.3, -0.25) is 9.36 Å². The molecule has 10 heavy (non-hydrogen) atoms. The van der Waals surface area contributed by atoms with Crippen molar-refractivity contribution in [3.8, 4) is 0 Å². The molecule has 5 heteroatoms. The van der Waals surface area contributed by atoms with Crippen LogP contribution in [0.1, 0.15) is 5.69 Å². The van der Waals surface area contributed by atoms with E-state index in [1.165, 1.54) is 14.0 Å². The van der Waals surface area contributed by atoms with E-state index >= 15 is 0 Å². The van der Waals surface area contributed by atoms with E-state index in [-0.39, 0.29) is 5.56 Å². The fourth-order valence-electron chi connectivity index (χ4n) is 0.589. The first-order chi connectivity index (χ1) is 4.63. The molecule has 0 aliphatic carbocycles. The molecule has 0 atom stereocenters. The largest absolute Gasteiger partial charge is 0.344 e. The summed E-state index contributed by atoms with van der Waals surface area (Å²) in [6.07, 6.45) is 0. The molecular weight excluding hydrogens is 134 g/mol. The third-order valence-electron chi connectivity index (χ3n) is 1.24. The lowest BCUT2D eigenvalue weighted by atomic mass is 10.5. The van der Waals surface area contributed by atoms with Gasteiger partial charge >= 0.3 is 5.69 Å². The second kappa shape index (κ2) is 2.09. The highest BCUT2D eigenvalue weighted by Gasteiger charge is 1.97. The van der Waals surface area contributed by atoms with Gasteiger partial charge in [0.05, 0.1) is 0 Å². The number of hydrogen-bond acceptors (Lipinski definition) is 3. The molecule has 1 rings (SSSR count). The maximum Gasteiger partial charge on any atom is 0.344 e. The van der Waals surface area contributed by atoms with Crippen molar-refractivity contribution >= 4 is 0 Å². The van der Waals surface area contributed by atoms with Crippen molar-refractivity contribution in [2.75, 3.05) is 0 Å². The predicted octanol–water partition coefficient (Wildman–Crippen LogP) is -1.22. The summed E-state index contributed by atoms with van der Waals surface area (Å²) in [7, 11) is 1.40. The molecule has 0 unspecified atom stereocenters. The van der Waals surface area contributed by atoms with Crippen LogP contribution in [-0.2, 0) is 7.05 Å². The van der Waals surface area contributed by atoms with Crippen LogP contribution >= 0.6 is 0 Å². The highest BCUT2D eigenvalue weighted by Crippen LogP contribution is 1.68. The van der Waals surface area contributed by atoms with E-state index in [0.717, 1.165) is 4.57 Å². The van der Waals surface area contributed by atoms with Crippen LogP contribution in [-0.4, -0.2) is 14.8 Å². The maximum absolute atomic E-state index is 10.9. The number of nitrogens with one attached hydrogen (secondary N) is 1. The molecule has 0 saturated carbocycles. The maximum atomic E-state index is 10.9. The summed E-state index contributed by atoms with van der Waals surface area (Å²) in [5.74, 6) is 0. The molecular formula is C5H7N3O2. The fourth-order valence-corrected chi connectivity index (χ4v) is 0.589. The quantitative estimate of drug-likeness (QED) is 0.492. The molecule has 1 N–H and O–H groups in total. The van der Waals surface area contributed by atoms with Crippen LogP contribution in [0, 0.1) is 6.92 Å². The van der Waals surface area contributed by atoms with Gasteiger partial charge in [-0.2, -0.15) is 5.10 Å². The monoisotopic (exact) mass is 141 g/mol. The lowest BCUT2D eigenvalue weighted by molar-refractivity contribution is 0.708. The summed E-state index contributed by atoms with van der Waals surface area (Å²) < 4.78 is 0.975. The first-order valence-corrected chi connectivity index (χ1v) is 2.75. The van der Waals surface area contributed by atoms with E-state index in [2.05, 4.69) is 10.2 Å². The Morgan fingerprint density at radius 2 is 2.10 bits per heavy atom. The Bertz CT molecular complexity index is 349. The number of rotatable bonds is 0. The minimum Gasteiger partial charge on any atom is -0.267 e. The van der Waals surface area contributed by atoms with Crippen molar-refractivity contribution in [2.24, 2.45) is 7.05 Å². The summed E-state index contributed by atoms with van der Waals surface area (Å²) in [5.41, 5.74) is -0.554. The molecule has 0 bridgehead atoms. The van der Waals surface area contributed by atoms with Crippen LogP contribution in [0.25, 0.3) is 0 Å². The molecule has 0 spiro atoms. The Hall–Kier alpha value is -1.39. The zero-order chi connectivity index (χ0) is 7.72. The Morgan fingerprint density at radius 1 is 1.50 bits per heavy atom. The third-order valence-corrected chi connectivity index (χ3v) is 1.24. The number of hydrogen-bond donors (Lipinski definition) is 1. The van der Waals surface area contributed by atoms with Crippen LogP contribution in [0.2, 0.25) is 0 Å². The molecule has 0 aliphatic rings. The Labute approximate surface area is 56.3 Å². The lowest BCUT2D eigenvalue weighted by Crippen LogP contribution is -2.35. The average Bonchev–Trinajstić information content (AvgIpc) is 1.93. The molecule has 0 fully saturated rings. The van der Waals surface area contributed by atoms with Crippen LogP contribution in [0.5, 0.6) is 0 Å². The van der Waals surface area contributed by atoms with Crippen molar-refractivity contribution in [3.05, 3.63) is 26.5 Å². The van der Waals surface area contributed by atoms with Gasteiger partial charge in [0.1, 0.15) is 5.69 Å². The third kappa shape index (κ3) is 0.854. The highest BCUT2D eigenvalue weighted by atomic mass is 16.2. The molecule has 5 nitrogen and oxygen atoms in total. The van der Waals surface area contributed by atoms with Gasteiger partial charge in [-0.25, -0.2) is 9.89 Å². The SMILES string of the molecule is Cc1n[nH]c(=O)n(C)c1=O. The van der Waals surface area contributed by atoms with Crippen molar-refractivity contribution in [2.45, 2.75) is 6.92 Å². The molecule has 1 aromatic heterocycles. The topological polar surface area (TPSA) is 67.8 Å². The van der Waals surface area contributed by atoms with Gasteiger partial charge in [0.15, 0.2) is 0 Å². The number of aryl methyl sites for hydroxylation is 1. The van der Waals surface area contributed by atoms with Crippen LogP contribution in [0.4, 0.5) is 0 Å². The van der Waals surface area contributed by atoms with Gasteiger partial charge in [0, 0.05) is 7.05 Å². The fraction of sp³-hybridized carbons (Fsp3) is 0.400. The van der Waals surface area contributed by atoms with E-state index < -0.39 is 5.69 Å². The van der Waals surface area contributed by atoms with Gasteiger partial charge in [-0.05, 0) is 6.92 Å². The zero-order valence-electron chi connectivity index (χ0n) is 5.71. The highest BCUT2D eigenvalue weighted by molar-refractivity contribution is 4.88. The molecule has 54 valence electrons. The van der Waals surface area contributed by atoms with E-state index in [1.807, 2.05) is 0 Å². The summed E-state index contributed by atoms with van der Waals surface area (Å²) in [6.45, 7) is 1.54. The Kier molecular flexibility index (Phi) is 1.41. The van der Waals surface area contributed by atoms with Gasteiger partial charge in [0.2, 0.25) is 0 Å². The number of aromatic amines is 1. The lowest BCUT2D eigenvalue weighted by Gasteiger charge is -1.93. The van der Waals surface area contributed by atoms with Gasteiger partial charge in [-0.15, -0.1) is 0 Å². The summed E-state index contributed by atoms with van der Waals surface area (Å²) in [4.78, 5) is 21.5. The molecule has 0 aliphatic heterocycles. The van der Waals surface area contributed by atoms with Crippen LogP contribution < -0.4 is 11.2 Å². The van der Waals surface area contributed by atoms with E-state index in [9.17, 15) is 9.59 Å². The van der Waals surface area contributed by atoms with E-state index in [0.29, 0.717) is 5.69 Å². The van der Waals surface area contributed by atoms with Crippen molar-refractivity contribution in [3.63, 3.8) is 0 Å². The number of H-pyrrole nitrogens is 1. The van der Waals surface area contributed by atoms with Crippen LogP contribution in [0.3, 0.4) is 0 Å². The average molecular weight is 141 g/mol.